The van der Waals surface area contributed by atoms with E-state index in [1.807, 2.05) is 51.1 Å². The zero-order valence-corrected chi connectivity index (χ0v) is 15.2. The van der Waals surface area contributed by atoms with Gasteiger partial charge in [-0.1, -0.05) is 42.8 Å². The molecule has 1 N–H and O–H groups in total. The SMILES string of the molecule is CC[C@H](Oc1ccc(C)c(C)c1)C(=O)N[C@H](C)c1ccc(C)cc1. The lowest BCUT2D eigenvalue weighted by Crippen LogP contribution is -2.39. The highest BCUT2D eigenvalue weighted by Gasteiger charge is 2.20. The summed E-state index contributed by atoms with van der Waals surface area (Å²) < 4.78 is 5.91. The molecule has 0 bridgehead atoms. The highest BCUT2D eigenvalue weighted by molar-refractivity contribution is 5.81. The molecule has 0 radical (unpaired) electrons. The number of carbonyl (C=O) groups excluding carboxylic acids is 1. The largest absolute Gasteiger partial charge is 0.481 e. The average molecular weight is 325 g/mol. The Bertz CT molecular complexity index is 691. The summed E-state index contributed by atoms with van der Waals surface area (Å²) in [5.41, 5.74) is 4.68. The minimum absolute atomic E-state index is 0.0458. The van der Waals surface area contributed by atoms with Crippen LogP contribution in [0.2, 0.25) is 0 Å². The quantitative estimate of drug-likeness (QED) is 0.840. The van der Waals surface area contributed by atoms with Gasteiger partial charge in [-0.15, -0.1) is 0 Å². The van der Waals surface area contributed by atoms with Crippen LogP contribution in [0.15, 0.2) is 42.5 Å². The van der Waals surface area contributed by atoms with Crippen molar-refractivity contribution in [3.63, 3.8) is 0 Å². The van der Waals surface area contributed by atoms with E-state index in [0.717, 1.165) is 16.9 Å². The van der Waals surface area contributed by atoms with Crippen molar-refractivity contribution in [3.8, 4) is 5.75 Å². The molecule has 2 aromatic carbocycles. The summed E-state index contributed by atoms with van der Waals surface area (Å²) >= 11 is 0. The minimum atomic E-state index is -0.486. The van der Waals surface area contributed by atoms with E-state index >= 15 is 0 Å². The van der Waals surface area contributed by atoms with Crippen molar-refractivity contribution >= 4 is 5.91 Å². The molecule has 0 unspecified atom stereocenters. The van der Waals surface area contributed by atoms with Gasteiger partial charge in [0, 0.05) is 0 Å². The zero-order valence-electron chi connectivity index (χ0n) is 15.2. The number of hydrogen-bond donors (Lipinski definition) is 1. The Morgan fingerprint density at radius 2 is 1.71 bits per heavy atom. The van der Waals surface area contributed by atoms with E-state index < -0.39 is 6.10 Å². The highest BCUT2D eigenvalue weighted by atomic mass is 16.5. The second-order valence-corrected chi connectivity index (χ2v) is 6.40. The number of hydrogen-bond acceptors (Lipinski definition) is 2. The second kappa shape index (κ2) is 8.00. The first-order chi connectivity index (χ1) is 11.4. The molecule has 24 heavy (non-hydrogen) atoms. The Kier molecular flexibility index (Phi) is 6.02. The molecule has 3 nitrogen and oxygen atoms in total. The summed E-state index contributed by atoms with van der Waals surface area (Å²) in [6, 6.07) is 14.1. The molecule has 2 atom stereocenters. The molecule has 2 rings (SSSR count). The monoisotopic (exact) mass is 325 g/mol. The third-order valence-corrected chi connectivity index (χ3v) is 4.36. The van der Waals surface area contributed by atoms with Crippen LogP contribution in [-0.4, -0.2) is 12.0 Å². The topological polar surface area (TPSA) is 38.3 Å². The lowest BCUT2D eigenvalue weighted by molar-refractivity contribution is -0.128. The summed E-state index contributed by atoms with van der Waals surface area (Å²) in [6.45, 7) is 10.1. The molecule has 0 aliphatic carbocycles. The number of aryl methyl sites for hydroxylation is 3. The van der Waals surface area contributed by atoms with Crippen LogP contribution in [0, 0.1) is 20.8 Å². The van der Waals surface area contributed by atoms with Crippen molar-refractivity contribution in [3.05, 3.63) is 64.7 Å². The first-order valence-electron chi connectivity index (χ1n) is 8.51. The van der Waals surface area contributed by atoms with E-state index in [1.54, 1.807) is 0 Å². The molecule has 0 aliphatic rings. The minimum Gasteiger partial charge on any atom is -0.481 e. The number of ether oxygens (including phenoxy) is 1. The van der Waals surface area contributed by atoms with E-state index in [-0.39, 0.29) is 11.9 Å². The maximum Gasteiger partial charge on any atom is 0.261 e. The van der Waals surface area contributed by atoms with Gasteiger partial charge in [-0.25, -0.2) is 0 Å². The van der Waals surface area contributed by atoms with Crippen LogP contribution in [0.4, 0.5) is 0 Å². The van der Waals surface area contributed by atoms with Gasteiger partial charge in [0.1, 0.15) is 5.75 Å². The molecule has 2 aromatic rings. The van der Waals surface area contributed by atoms with Gasteiger partial charge in [-0.2, -0.15) is 0 Å². The standard InChI is InChI=1S/C21H27NO2/c1-6-20(24-19-12-9-15(3)16(4)13-19)21(23)22-17(5)18-10-7-14(2)8-11-18/h7-13,17,20H,6H2,1-5H3,(H,22,23)/t17-,20+/m1/s1. The van der Waals surface area contributed by atoms with Gasteiger partial charge in [0.05, 0.1) is 6.04 Å². The van der Waals surface area contributed by atoms with Crippen molar-refractivity contribution in [1.82, 2.24) is 5.32 Å². The fourth-order valence-corrected chi connectivity index (χ4v) is 2.52. The Labute approximate surface area is 145 Å². The molecular weight excluding hydrogens is 298 g/mol. The van der Waals surface area contributed by atoms with Crippen LogP contribution in [0.1, 0.15) is 48.6 Å². The summed E-state index contributed by atoms with van der Waals surface area (Å²) in [5, 5.41) is 3.05. The van der Waals surface area contributed by atoms with E-state index in [2.05, 4.69) is 31.3 Å². The van der Waals surface area contributed by atoms with Crippen LogP contribution in [0.25, 0.3) is 0 Å². The maximum atomic E-state index is 12.5. The fraction of sp³-hybridized carbons (Fsp3) is 0.381. The zero-order chi connectivity index (χ0) is 17.7. The first kappa shape index (κ1) is 18.1. The first-order valence-corrected chi connectivity index (χ1v) is 8.51. The van der Waals surface area contributed by atoms with Crippen LogP contribution in [-0.2, 0) is 4.79 Å². The number of nitrogens with one attached hydrogen (secondary N) is 1. The number of benzene rings is 2. The third-order valence-electron chi connectivity index (χ3n) is 4.36. The Balaban J connectivity index is 2.02. The predicted octanol–water partition coefficient (Wildman–Crippen LogP) is 4.65. The van der Waals surface area contributed by atoms with Gasteiger partial charge in [-0.05, 0) is 62.9 Å². The van der Waals surface area contributed by atoms with Crippen LogP contribution in [0.3, 0.4) is 0 Å². The van der Waals surface area contributed by atoms with Crippen LogP contribution < -0.4 is 10.1 Å². The van der Waals surface area contributed by atoms with Crippen molar-refractivity contribution in [1.29, 1.82) is 0 Å². The molecule has 1 amide bonds. The van der Waals surface area contributed by atoms with Gasteiger partial charge < -0.3 is 10.1 Å². The average Bonchev–Trinajstić information content (AvgIpc) is 2.56. The van der Waals surface area contributed by atoms with E-state index in [4.69, 9.17) is 4.74 Å². The van der Waals surface area contributed by atoms with Crippen molar-refractivity contribution in [2.45, 2.75) is 53.2 Å². The molecule has 0 fully saturated rings. The molecule has 3 heteroatoms. The lowest BCUT2D eigenvalue weighted by Gasteiger charge is -2.21. The van der Waals surface area contributed by atoms with Gasteiger partial charge in [0.2, 0.25) is 0 Å². The van der Waals surface area contributed by atoms with Gasteiger partial charge in [-0.3, -0.25) is 4.79 Å². The number of amides is 1. The summed E-state index contributed by atoms with van der Waals surface area (Å²) in [5.74, 6) is 0.659. The smallest absolute Gasteiger partial charge is 0.261 e. The molecule has 128 valence electrons. The molecular formula is C21H27NO2. The molecule has 0 aromatic heterocycles. The van der Waals surface area contributed by atoms with Gasteiger partial charge in [0.15, 0.2) is 6.10 Å². The summed E-state index contributed by atoms with van der Waals surface area (Å²) in [6.07, 6.45) is 0.138. The number of carbonyl (C=O) groups is 1. The predicted molar refractivity (Wildman–Crippen MR) is 98.4 cm³/mol. The Morgan fingerprint density at radius 3 is 2.29 bits per heavy atom. The maximum absolute atomic E-state index is 12.5. The van der Waals surface area contributed by atoms with E-state index in [0.29, 0.717) is 6.42 Å². The summed E-state index contributed by atoms with van der Waals surface area (Å²) in [4.78, 5) is 12.5. The van der Waals surface area contributed by atoms with Crippen molar-refractivity contribution in [2.75, 3.05) is 0 Å². The highest BCUT2D eigenvalue weighted by Crippen LogP contribution is 2.19. The van der Waals surface area contributed by atoms with Crippen molar-refractivity contribution in [2.24, 2.45) is 0 Å². The Hall–Kier alpha value is -2.29. The van der Waals surface area contributed by atoms with Crippen molar-refractivity contribution < 1.29 is 9.53 Å². The van der Waals surface area contributed by atoms with Gasteiger partial charge in [0.25, 0.3) is 5.91 Å². The van der Waals surface area contributed by atoms with Crippen LogP contribution in [0.5, 0.6) is 5.75 Å². The molecule has 0 aliphatic heterocycles. The van der Waals surface area contributed by atoms with Crippen LogP contribution >= 0.6 is 0 Å². The molecule has 0 spiro atoms. The Morgan fingerprint density at radius 1 is 1.04 bits per heavy atom. The molecule has 0 saturated carbocycles. The van der Waals surface area contributed by atoms with E-state index in [9.17, 15) is 4.79 Å². The van der Waals surface area contributed by atoms with Gasteiger partial charge >= 0.3 is 0 Å². The molecule has 0 saturated heterocycles. The summed E-state index contributed by atoms with van der Waals surface area (Å²) in [7, 11) is 0. The molecule has 0 heterocycles. The fourth-order valence-electron chi connectivity index (χ4n) is 2.52. The normalized spacial score (nSPS) is 13.2. The second-order valence-electron chi connectivity index (χ2n) is 6.40. The third kappa shape index (κ3) is 4.60. The lowest BCUT2D eigenvalue weighted by atomic mass is 10.1. The van der Waals surface area contributed by atoms with E-state index in [1.165, 1.54) is 11.1 Å². The number of rotatable bonds is 6.